The van der Waals surface area contributed by atoms with E-state index in [9.17, 15) is 13.2 Å². The monoisotopic (exact) mass is 289 g/mol. The first kappa shape index (κ1) is 13.4. The van der Waals surface area contributed by atoms with E-state index in [1.54, 1.807) is 24.3 Å². The third-order valence-electron chi connectivity index (χ3n) is 2.98. The van der Waals surface area contributed by atoms with Gasteiger partial charge in [0.15, 0.2) is 5.58 Å². The summed E-state index contributed by atoms with van der Waals surface area (Å²) in [6.07, 6.45) is -1.60. The van der Waals surface area contributed by atoms with Crippen molar-refractivity contribution in [3.8, 4) is 0 Å². The van der Waals surface area contributed by atoms with E-state index in [1.807, 2.05) is 6.07 Å². The van der Waals surface area contributed by atoms with Crippen molar-refractivity contribution in [3.05, 3.63) is 65.5 Å². The van der Waals surface area contributed by atoms with Gasteiger partial charge in [0.25, 0.3) is 0 Å². The van der Waals surface area contributed by atoms with E-state index in [1.165, 1.54) is 24.3 Å². The molecule has 0 saturated heterocycles. The Balaban J connectivity index is 1.96. The minimum atomic E-state index is -4.39. The number of benzene rings is 2. The highest BCUT2D eigenvalue weighted by Crippen LogP contribution is 2.32. The van der Waals surface area contributed by atoms with Crippen molar-refractivity contribution in [1.82, 2.24) is 4.98 Å². The first-order valence-electron chi connectivity index (χ1n) is 6.24. The smallest absolute Gasteiger partial charge is 0.416 e. The number of hydrogen-bond donors (Lipinski definition) is 0. The summed E-state index contributed by atoms with van der Waals surface area (Å²) in [5.74, 6) is 0.271. The molecule has 1 heterocycles. The molecular weight excluding hydrogens is 279 g/mol. The largest absolute Gasteiger partial charge is 0.437 e. The number of hydrogen-bond acceptors (Lipinski definition) is 2. The van der Waals surface area contributed by atoms with E-state index in [4.69, 9.17) is 4.42 Å². The lowest BCUT2D eigenvalue weighted by molar-refractivity contribution is -0.137. The van der Waals surface area contributed by atoms with Gasteiger partial charge in [-0.25, -0.2) is 4.98 Å². The lowest BCUT2D eigenvalue weighted by Crippen LogP contribution is -2.06. The number of aromatic nitrogens is 1. The van der Waals surface area contributed by atoms with Crippen LogP contribution in [0.5, 0.6) is 0 Å². The van der Waals surface area contributed by atoms with Gasteiger partial charge in [-0.3, -0.25) is 0 Å². The molecule has 2 nitrogen and oxygen atoms in total. The highest BCUT2D eigenvalue weighted by molar-refractivity contribution is 5.76. The molecule has 3 rings (SSSR count). The van der Waals surface area contributed by atoms with Gasteiger partial charge in [-0.2, -0.15) is 13.2 Å². The first-order chi connectivity index (χ1) is 10.0. The lowest BCUT2D eigenvalue weighted by atomic mass is 10.1. The van der Waals surface area contributed by atoms with Crippen molar-refractivity contribution in [2.24, 2.45) is 0 Å². The maximum atomic E-state index is 12.9. The number of para-hydroxylation sites is 2. The second-order valence-electron chi connectivity index (χ2n) is 4.44. The van der Waals surface area contributed by atoms with Crippen LogP contribution in [0.15, 0.2) is 52.9 Å². The number of halogens is 3. The molecule has 0 spiro atoms. The number of rotatable bonds is 2. The van der Waals surface area contributed by atoms with E-state index < -0.39 is 11.7 Å². The normalized spacial score (nSPS) is 12.3. The topological polar surface area (TPSA) is 26.0 Å². The average molecular weight is 289 g/mol. The summed E-state index contributed by atoms with van der Waals surface area (Å²) in [5.41, 5.74) is 0.659. The Labute approximate surface area is 118 Å². The van der Waals surface area contributed by atoms with Gasteiger partial charge < -0.3 is 4.42 Å². The number of fused-ring (bicyclic) bond motifs is 1. The van der Waals surface area contributed by atoms with Crippen LogP contribution in [0, 0.1) is 0 Å². The summed E-state index contributed by atoms with van der Waals surface area (Å²) >= 11 is 0. The van der Waals surface area contributed by atoms with Gasteiger partial charge in [0, 0.05) is 6.08 Å². The van der Waals surface area contributed by atoms with Gasteiger partial charge >= 0.3 is 6.18 Å². The molecule has 0 aliphatic carbocycles. The van der Waals surface area contributed by atoms with Gasteiger partial charge in [-0.1, -0.05) is 30.3 Å². The van der Waals surface area contributed by atoms with E-state index in [-0.39, 0.29) is 11.5 Å². The zero-order chi connectivity index (χ0) is 14.9. The third-order valence-corrected chi connectivity index (χ3v) is 2.98. The highest BCUT2D eigenvalue weighted by atomic mass is 19.4. The fourth-order valence-electron chi connectivity index (χ4n) is 2.02. The lowest BCUT2D eigenvalue weighted by Gasteiger charge is -2.09. The molecule has 21 heavy (non-hydrogen) atoms. The van der Waals surface area contributed by atoms with Crippen LogP contribution < -0.4 is 0 Å². The van der Waals surface area contributed by atoms with Crippen LogP contribution in [0.2, 0.25) is 0 Å². The van der Waals surface area contributed by atoms with Gasteiger partial charge in [-0.15, -0.1) is 0 Å². The molecule has 0 fully saturated rings. The molecule has 1 aromatic heterocycles. The summed E-state index contributed by atoms with van der Waals surface area (Å²) in [4.78, 5) is 4.18. The van der Waals surface area contributed by atoms with Gasteiger partial charge in [-0.05, 0) is 29.8 Å². The SMILES string of the molecule is FC(F)(F)c1ccccc1C=Cc1nc2ccccc2o1. The number of alkyl halides is 3. The van der Waals surface area contributed by atoms with Crippen LogP contribution in [0.1, 0.15) is 17.0 Å². The highest BCUT2D eigenvalue weighted by Gasteiger charge is 2.32. The maximum Gasteiger partial charge on any atom is 0.416 e. The Hall–Kier alpha value is -2.56. The van der Waals surface area contributed by atoms with Crippen molar-refractivity contribution < 1.29 is 17.6 Å². The van der Waals surface area contributed by atoms with E-state index in [2.05, 4.69) is 4.98 Å². The molecule has 0 amide bonds. The maximum absolute atomic E-state index is 12.9. The van der Waals surface area contributed by atoms with E-state index in [0.717, 1.165) is 6.07 Å². The van der Waals surface area contributed by atoms with Crippen LogP contribution in [0.3, 0.4) is 0 Å². The van der Waals surface area contributed by atoms with Gasteiger partial charge in [0.1, 0.15) is 5.52 Å². The van der Waals surface area contributed by atoms with Crippen molar-refractivity contribution in [3.63, 3.8) is 0 Å². The Morgan fingerprint density at radius 2 is 1.62 bits per heavy atom. The summed E-state index contributed by atoms with van der Waals surface area (Å²) in [6.45, 7) is 0. The quantitative estimate of drug-likeness (QED) is 0.662. The Bertz CT molecular complexity index is 769. The molecular formula is C16H10F3NO. The zero-order valence-corrected chi connectivity index (χ0v) is 10.8. The number of nitrogens with zero attached hydrogens (tertiary/aromatic N) is 1. The molecule has 106 valence electrons. The van der Waals surface area contributed by atoms with Crippen molar-refractivity contribution >= 4 is 23.3 Å². The summed E-state index contributed by atoms with van der Waals surface area (Å²) in [7, 11) is 0. The van der Waals surface area contributed by atoms with Crippen LogP contribution >= 0.6 is 0 Å². The molecule has 0 radical (unpaired) electrons. The van der Waals surface area contributed by atoms with E-state index in [0.29, 0.717) is 11.1 Å². The Morgan fingerprint density at radius 1 is 0.905 bits per heavy atom. The number of oxazole rings is 1. The molecule has 5 heteroatoms. The Kier molecular flexibility index (Phi) is 3.25. The molecule has 3 aromatic rings. The fraction of sp³-hybridized carbons (Fsp3) is 0.0625. The molecule has 2 aromatic carbocycles. The van der Waals surface area contributed by atoms with Crippen molar-refractivity contribution in [2.45, 2.75) is 6.18 Å². The van der Waals surface area contributed by atoms with Crippen LogP contribution in [-0.4, -0.2) is 4.98 Å². The molecule has 0 bridgehead atoms. The Morgan fingerprint density at radius 3 is 2.38 bits per heavy atom. The van der Waals surface area contributed by atoms with Crippen LogP contribution in [-0.2, 0) is 6.18 Å². The molecule has 0 aliphatic rings. The third kappa shape index (κ3) is 2.81. The zero-order valence-electron chi connectivity index (χ0n) is 10.8. The average Bonchev–Trinajstić information content (AvgIpc) is 2.87. The summed E-state index contributed by atoms with van der Waals surface area (Å²) in [5, 5.41) is 0. The van der Waals surface area contributed by atoms with Gasteiger partial charge in [0.2, 0.25) is 5.89 Å². The minimum Gasteiger partial charge on any atom is -0.437 e. The molecule has 0 N–H and O–H groups in total. The molecule has 0 aliphatic heterocycles. The fourth-order valence-corrected chi connectivity index (χ4v) is 2.02. The standard InChI is InChI=1S/C16H10F3NO/c17-16(18,19)12-6-2-1-5-11(12)9-10-15-20-13-7-3-4-8-14(13)21-15/h1-10H. The van der Waals surface area contributed by atoms with Crippen molar-refractivity contribution in [2.75, 3.05) is 0 Å². The molecule has 0 saturated carbocycles. The van der Waals surface area contributed by atoms with Crippen LogP contribution in [0.25, 0.3) is 23.3 Å². The van der Waals surface area contributed by atoms with Gasteiger partial charge in [0.05, 0.1) is 5.56 Å². The summed E-state index contributed by atoms with van der Waals surface area (Å²) in [6, 6.07) is 12.5. The predicted octanol–water partition coefficient (Wildman–Crippen LogP) is 5.02. The predicted molar refractivity (Wildman–Crippen MR) is 74.4 cm³/mol. The van der Waals surface area contributed by atoms with Crippen molar-refractivity contribution in [1.29, 1.82) is 0 Å². The molecule has 0 atom stereocenters. The second kappa shape index (κ2) is 5.09. The van der Waals surface area contributed by atoms with Crippen LogP contribution in [0.4, 0.5) is 13.2 Å². The first-order valence-corrected chi connectivity index (χ1v) is 6.24. The molecule has 0 unspecified atom stereocenters. The second-order valence-corrected chi connectivity index (χ2v) is 4.44. The summed E-state index contributed by atoms with van der Waals surface area (Å²) < 4.78 is 44.0. The van der Waals surface area contributed by atoms with E-state index >= 15 is 0 Å². The minimum absolute atomic E-state index is 0.0762.